The van der Waals surface area contributed by atoms with Crippen LogP contribution in [-0.2, 0) is 0 Å². The van der Waals surface area contributed by atoms with Crippen molar-refractivity contribution in [3.63, 3.8) is 0 Å². The monoisotopic (exact) mass is 1750 g/mol. The highest BCUT2D eigenvalue weighted by Gasteiger charge is 2.25. The SMILES string of the molecule is c1ccc(-c2nc(-c3ccccc3)nc(-c3ccc(-c4ccc(-n5c6ccccc6c6cc(-c7cccc8c7sc7c8ccc8c9ccccc9sc87)ccc65)cc4)cc3)n2)cc1.c1ccc(-c2nc(-c3ccccc3)nc(-c3ccc4c5ccccc5c5ccc(-n6c7ccccc7c7cc(-c8cccc9c8sc8c9ccc9c%10ccccc%10sc98)ccc76)cc5c4c3)n2)cc1. The maximum Gasteiger partial charge on any atom is 0.164 e. The molecule has 12 heteroatoms. The molecule has 0 saturated carbocycles. The van der Waals surface area contributed by atoms with Crippen molar-refractivity contribution in [1.29, 1.82) is 0 Å². The van der Waals surface area contributed by atoms with Gasteiger partial charge in [-0.3, -0.25) is 0 Å². The van der Waals surface area contributed by atoms with E-state index in [0.717, 1.165) is 61.3 Å². The van der Waals surface area contributed by atoms with Crippen LogP contribution in [0.5, 0.6) is 0 Å². The summed E-state index contributed by atoms with van der Waals surface area (Å²) in [6.45, 7) is 0. The van der Waals surface area contributed by atoms with Crippen LogP contribution in [0, 0.1) is 0 Å². The highest BCUT2D eigenvalue weighted by Crippen LogP contribution is 2.51. The van der Waals surface area contributed by atoms with Gasteiger partial charge in [-0.2, -0.15) is 0 Å². The highest BCUT2D eigenvalue weighted by atomic mass is 32.1. The van der Waals surface area contributed by atoms with Crippen molar-refractivity contribution in [2.75, 3.05) is 0 Å². The molecule has 0 fully saturated rings. The molecular formula is C120H70N8S4. The third-order valence-corrected chi connectivity index (χ3v) is 31.5. The van der Waals surface area contributed by atoms with Crippen molar-refractivity contribution in [2.45, 2.75) is 0 Å². The molecule has 0 bridgehead atoms. The molecule has 0 atom stereocenters. The van der Waals surface area contributed by atoms with E-state index in [1.807, 2.05) is 142 Å². The Morgan fingerprint density at radius 1 is 0.144 bits per heavy atom. The van der Waals surface area contributed by atoms with Crippen LogP contribution < -0.4 is 0 Å². The first-order chi connectivity index (χ1) is 65.4. The number of para-hydroxylation sites is 2. The van der Waals surface area contributed by atoms with E-state index < -0.39 is 0 Å². The van der Waals surface area contributed by atoms with E-state index in [1.54, 1.807) is 0 Å². The van der Waals surface area contributed by atoms with Gasteiger partial charge in [0.25, 0.3) is 0 Å². The van der Waals surface area contributed by atoms with Gasteiger partial charge in [-0.25, -0.2) is 29.9 Å². The third-order valence-electron chi connectivity index (χ3n) is 26.3. The van der Waals surface area contributed by atoms with Crippen LogP contribution in [-0.4, -0.2) is 39.0 Å². The molecule has 0 N–H and O–H groups in total. The average Bonchev–Trinajstić information content (AvgIpc) is 0.815. The second-order valence-corrected chi connectivity index (χ2v) is 38.0. The minimum absolute atomic E-state index is 0.639. The van der Waals surface area contributed by atoms with Gasteiger partial charge in [0, 0.05) is 128 Å². The average molecular weight is 1750 g/mol. The van der Waals surface area contributed by atoms with Crippen LogP contribution in [0.2, 0.25) is 0 Å². The maximum absolute atomic E-state index is 5.13. The normalized spacial score (nSPS) is 11.9. The van der Waals surface area contributed by atoms with E-state index in [9.17, 15) is 0 Å². The molecule has 0 aliphatic rings. The van der Waals surface area contributed by atoms with Crippen molar-refractivity contribution in [3.05, 3.63) is 425 Å². The number of aromatic nitrogens is 8. The molecule has 0 aliphatic carbocycles. The minimum atomic E-state index is 0.639. The van der Waals surface area contributed by atoms with Crippen LogP contribution in [0.3, 0.4) is 0 Å². The number of rotatable bonds is 11. The first-order valence-corrected chi connectivity index (χ1v) is 47.6. The molecule has 0 spiro atoms. The van der Waals surface area contributed by atoms with Gasteiger partial charge >= 0.3 is 0 Å². The van der Waals surface area contributed by atoms with Gasteiger partial charge in [-0.1, -0.05) is 346 Å². The zero-order valence-corrected chi connectivity index (χ0v) is 73.9. The minimum Gasteiger partial charge on any atom is -0.309 e. The van der Waals surface area contributed by atoms with Gasteiger partial charge in [-0.05, 0) is 145 Å². The van der Waals surface area contributed by atoms with Gasteiger partial charge in [0.15, 0.2) is 34.9 Å². The van der Waals surface area contributed by atoms with E-state index in [0.29, 0.717) is 34.9 Å². The zero-order valence-electron chi connectivity index (χ0n) is 70.6. The number of nitrogens with zero attached hydrogens (tertiary/aromatic N) is 8. The third kappa shape index (κ3) is 12.4. The fourth-order valence-corrected chi connectivity index (χ4v) is 25.4. The predicted octanol–water partition coefficient (Wildman–Crippen LogP) is 33.9. The molecule has 20 aromatic carbocycles. The topological polar surface area (TPSA) is 87.2 Å². The second kappa shape index (κ2) is 30.7. The van der Waals surface area contributed by atoms with Gasteiger partial charge in [-0.15, -0.1) is 45.3 Å². The first-order valence-electron chi connectivity index (χ1n) is 44.3. The summed E-state index contributed by atoms with van der Waals surface area (Å²) in [7, 11) is 0. The Balaban J connectivity index is 0.000000136. The van der Waals surface area contributed by atoms with Gasteiger partial charge in [0.1, 0.15) is 0 Å². The Morgan fingerprint density at radius 2 is 0.417 bits per heavy atom. The molecule has 0 aliphatic heterocycles. The van der Waals surface area contributed by atoms with Gasteiger partial charge < -0.3 is 9.13 Å². The molecule has 0 unspecified atom stereocenters. The van der Waals surface area contributed by atoms with Crippen molar-refractivity contribution in [1.82, 2.24) is 39.0 Å². The Morgan fingerprint density at radius 3 is 0.864 bits per heavy atom. The van der Waals surface area contributed by atoms with Crippen LogP contribution in [0.15, 0.2) is 425 Å². The number of benzene rings is 20. The lowest BCUT2D eigenvalue weighted by molar-refractivity contribution is 1.07. The Kier molecular flexibility index (Phi) is 17.6. The molecule has 614 valence electrons. The molecular weight excluding hydrogens is 1680 g/mol. The Labute approximate surface area is 772 Å². The molecule has 0 amide bonds. The summed E-state index contributed by atoms with van der Waals surface area (Å²) in [5.74, 6) is 3.89. The summed E-state index contributed by atoms with van der Waals surface area (Å²) in [6.07, 6.45) is 0. The van der Waals surface area contributed by atoms with Crippen molar-refractivity contribution < 1.29 is 0 Å². The molecule has 132 heavy (non-hydrogen) atoms. The van der Waals surface area contributed by atoms with Crippen molar-refractivity contribution in [2.24, 2.45) is 0 Å². The zero-order chi connectivity index (χ0) is 86.6. The van der Waals surface area contributed by atoms with Gasteiger partial charge in [0.05, 0.1) is 40.9 Å². The van der Waals surface area contributed by atoms with Crippen LogP contribution >= 0.6 is 45.3 Å². The van der Waals surface area contributed by atoms with Crippen LogP contribution in [0.25, 0.3) is 270 Å². The number of hydrogen-bond donors (Lipinski definition) is 0. The maximum atomic E-state index is 5.13. The fourth-order valence-electron chi connectivity index (χ4n) is 20.1. The first kappa shape index (κ1) is 75.8. The summed E-state index contributed by atoms with van der Waals surface area (Å²) < 4.78 is 15.7. The largest absolute Gasteiger partial charge is 0.309 e. The van der Waals surface area contributed by atoms with E-state index in [4.69, 9.17) is 29.9 Å². The summed E-state index contributed by atoms with van der Waals surface area (Å²) in [6, 6.07) is 153. The molecule has 8 heterocycles. The lowest BCUT2D eigenvalue weighted by Gasteiger charge is -2.15. The standard InChI is InChI=1S/C63H36N4S2.C57H34N4S2/c1-3-14-37(15-4-1)61-64-62(38-16-5-2-6-17-38)66-63(65-61)40-26-29-45-43-18-7-8-19-44(43)46-30-28-41(36-53(46)52(45)35-40)67-55-24-11-9-20-47(55)54-34-39(27-33-56(54)67)42-22-13-23-49-51-32-31-50-48-21-10-12-25-57(48)68-59(50)60(51)69-58(42)49;1-3-12-37(13-4-1)55-58-56(38-14-5-2-6-15-38)60-57(59-55)39-24-22-35(23-25-39)36-26-29-41(30-27-36)61-49-20-9-7-16-43(49)48-34-40(28-33-50(48)61)42-18-11-19-45-47-32-31-46-44-17-8-10-21-51(44)62-53(46)54(47)63-52(42)45/h1-36H;1-34H. The number of fused-ring (bicyclic) bond motifs is 26. The Hall–Kier alpha value is -16.3. The quantitative estimate of drug-likeness (QED) is 0.120. The van der Waals surface area contributed by atoms with E-state index in [1.165, 1.54) is 173 Å². The van der Waals surface area contributed by atoms with Crippen LogP contribution in [0.4, 0.5) is 0 Å². The smallest absolute Gasteiger partial charge is 0.164 e. The lowest BCUT2D eigenvalue weighted by Crippen LogP contribution is -2.00. The van der Waals surface area contributed by atoms with E-state index in [-0.39, 0.29) is 0 Å². The van der Waals surface area contributed by atoms with E-state index >= 15 is 0 Å². The summed E-state index contributed by atoms with van der Waals surface area (Å²) in [5, 5.41) is 22.8. The molecule has 0 radical (unpaired) electrons. The van der Waals surface area contributed by atoms with E-state index in [2.05, 4.69) is 337 Å². The van der Waals surface area contributed by atoms with Crippen molar-refractivity contribution in [3.8, 4) is 113 Å². The van der Waals surface area contributed by atoms with Crippen molar-refractivity contribution >= 4 is 202 Å². The second-order valence-electron chi connectivity index (χ2n) is 33.8. The molecule has 28 rings (SSSR count). The Bertz CT molecular complexity index is 9480. The molecule has 8 aromatic heterocycles. The highest BCUT2D eigenvalue weighted by molar-refractivity contribution is 7.34. The predicted molar refractivity (Wildman–Crippen MR) is 561 cm³/mol. The summed E-state index contributed by atoms with van der Waals surface area (Å²) in [5.41, 5.74) is 19.9. The van der Waals surface area contributed by atoms with Crippen LogP contribution in [0.1, 0.15) is 0 Å². The fraction of sp³-hybridized carbons (Fsp3) is 0. The summed E-state index contributed by atoms with van der Waals surface area (Å²) >= 11 is 7.69. The summed E-state index contributed by atoms with van der Waals surface area (Å²) in [4.78, 5) is 29.9. The number of hydrogen-bond acceptors (Lipinski definition) is 10. The lowest BCUT2D eigenvalue weighted by atomic mass is 9.93. The molecule has 0 saturated heterocycles. The molecule has 8 nitrogen and oxygen atoms in total. The molecule has 28 aromatic rings. The van der Waals surface area contributed by atoms with Gasteiger partial charge in [0.2, 0.25) is 0 Å². The number of thiophene rings is 4.